The number of carboxylic acid groups (broad SMARTS) is 1. The molecule has 14 heteroatoms. The number of hydrogen-bond donors (Lipinski definition) is 2. The first-order chi connectivity index (χ1) is 19.5. The number of carbonyl (C=O) groups is 1. The van der Waals surface area contributed by atoms with E-state index >= 15 is 0 Å². The number of nitrogens with one attached hydrogen (secondary N) is 1. The third-order valence-electron chi connectivity index (χ3n) is 7.80. The summed E-state index contributed by atoms with van der Waals surface area (Å²) in [6, 6.07) is 5.24. The van der Waals surface area contributed by atoms with Crippen LogP contribution in [0.1, 0.15) is 48.6 Å². The Morgan fingerprint density at radius 1 is 1.31 bits per heavy atom. The summed E-state index contributed by atoms with van der Waals surface area (Å²) in [5.41, 5.74) is 2.91. The number of nitrogens with zero attached hydrogens (tertiary/aromatic N) is 4. The third kappa shape index (κ3) is 5.72. The quantitative estimate of drug-likeness (QED) is 0.235. The average molecular weight is 641 g/mol. The maximum atomic E-state index is 14.5. The molecule has 3 atom stereocenters. The molecule has 8 nitrogen and oxygen atoms in total. The van der Waals surface area contributed by atoms with E-state index < -0.39 is 24.3 Å². The highest BCUT2D eigenvalue weighted by atomic mass is 35.5. The van der Waals surface area contributed by atoms with Gasteiger partial charge in [-0.1, -0.05) is 23.7 Å². The zero-order valence-corrected chi connectivity index (χ0v) is 24.6. The monoisotopic (exact) mass is 639 g/mol. The van der Waals surface area contributed by atoms with Gasteiger partial charge in [0, 0.05) is 34.3 Å². The molecule has 0 radical (unpaired) electrons. The van der Waals surface area contributed by atoms with E-state index in [1.54, 1.807) is 19.2 Å². The van der Waals surface area contributed by atoms with Gasteiger partial charge in [0.15, 0.2) is 0 Å². The van der Waals surface area contributed by atoms with Crippen LogP contribution in [0.25, 0.3) is 21.5 Å². The highest BCUT2D eigenvalue weighted by Crippen LogP contribution is 2.47. The molecule has 4 heterocycles. The van der Waals surface area contributed by atoms with Crippen LogP contribution in [0.4, 0.5) is 13.2 Å². The lowest BCUT2D eigenvalue weighted by molar-refractivity contribution is -0.198. The molecule has 1 aromatic carbocycles. The Labute approximate surface area is 254 Å². The van der Waals surface area contributed by atoms with Gasteiger partial charge >= 0.3 is 12.1 Å². The number of halogens is 5. The van der Waals surface area contributed by atoms with E-state index in [0.29, 0.717) is 41.7 Å². The molecule has 42 heavy (non-hydrogen) atoms. The zero-order valence-electron chi connectivity index (χ0n) is 22.2. The van der Waals surface area contributed by atoms with E-state index in [9.17, 15) is 23.1 Å². The van der Waals surface area contributed by atoms with Crippen molar-refractivity contribution in [3.05, 3.63) is 70.1 Å². The molecule has 1 aliphatic carbocycles. The first kappa shape index (κ1) is 30.3. The fourth-order valence-corrected chi connectivity index (χ4v) is 6.81. The van der Waals surface area contributed by atoms with Crippen molar-refractivity contribution in [1.29, 1.82) is 0 Å². The highest BCUT2D eigenvalue weighted by Gasteiger charge is 2.46. The van der Waals surface area contributed by atoms with Crippen molar-refractivity contribution in [2.75, 3.05) is 6.54 Å². The minimum absolute atomic E-state index is 0. The standard InChI is InChI=1S/C28H25ClF3N5O3S.ClH/c1-15-6-9-37(36-15)21-10-17(29)2-3-18(21)24(28(30,31)32)40-25-23-22(34-14-35-25)19(12-41-23)16-4-7-27(8-5-16)11-20(26(38)39)33-13-27;/h2-4,6,9-10,12,14,20,24,33H,5,7-8,11,13H2,1H3,(H,38,39);1H/t20?,24-,27?;/m1./s1. The summed E-state index contributed by atoms with van der Waals surface area (Å²) in [5.74, 6) is -1.00. The van der Waals surface area contributed by atoms with Crippen LogP contribution in [0.3, 0.4) is 0 Å². The van der Waals surface area contributed by atoms with Gasteiger partial charge in [0.1, 0.15) is 17.1 Å². The van der Waals surface area contributed by atoms with Gasteiger partial charge in [-0.05, 0) is 61.8 Å². The van der Waals surface area contributed by atoms with Crippen LogP contribution < -0.4 is 10.1 Å². The first-order valence-electron chi connectivity index (χ1n) is 13.0. The second kappa shape index (κ2) is 11.5. The molecule has 3 aromatic heterocycles. The second-order valence-electron chi connectivity index (χ2n) is 10.6. The van der Waals surface area contributed by atoms with Crippen LogP contribution in [0, 0.1) is 12.3 Å². The molecule has 1 fully saturated rings. The molecule has 2 aliphatic rings. The fourth-order valence-electron chi connectivity index (χ4n) is 5.67. The number of aromatic nitrogens is 4. The van der Waals surface area contributed by atoms with E-state index in [4.69, 9.17) is 16.3 Å². The number of aliphatic carboxylic acids is 1. The van der Waals surface area contributed by atoms with Crippen molar-refractivity contribution < 1.29 is 27.8 Å². The lowest BCUT2D eigenvalue weighted by Crippen LogP contribution is -2.30. The molecule has 1 spiro atoms. The van der Waals surface area contributed by atoms with Crippen LogP contribution in [0.5, 0.6) is 5.88 Å². The molecular formula is C28H26Cl2F3N5O3S. The van der Waals surface area contributed by atoms with Gasteiger partial charge in [0.05, 0.1) is 16.9 Å². The SMILES string of the molecule is Cc1ccn(-c2cc(Cl)ccc2[C@@H](Oc2ncnc3c(C4=CCC5(CC4)CNC(C(=O)O)C5)csc23)C(F)(F)F)n1.Cl. The Hall–Kier alpha value is -3.19. The molecule has 0 amide bonds. The van der Waals surface area contributed by atoms with Gasteiger partial charge in [-0.2, -0.15) is 18.3 Å². The molecule has 1 saturated heterocycles. The van der Waals surface area contributed by atoms with Crippen LogP contribution in [0.2, 0.25) is 5.02 Å². The van der Waals surface area contributed by atoms with Crippen LogP contribution in [0.15, 0.2) is 48.2 Å². The summed E-state index contributed by atoms with van der Waals surface area (Å²) in [7, 11) is 0. The van der Waals surface area contributed by atoms with Crippen molar-refractivity contribution >= 4 is 57.1 Å². The van der Waals surface area contributed by atoms with Crippen molar-refractivity contribution in [1.82, 2.24) is 25.1 Å². The van der Waals surface area contributed by atoms with E-state index in [2.05, 4.69) is 26.5 Å². The van der Waals surface area contributed by atoms with Gasteiger partial charge in [0.25, 0.3) is 0 Å². The third-order valence-corrected chi connectivity index (χ3v) is 8.99. The van der Waals surface area contributed by atoms with Gasteiger partial charge in [0.2, 0.25) is 12.0 Å². The summed E-state index contributed by atoms with van der Waals surface area (Å²) >= 11 is 7.38. The zero-order chi connectivity index (χ0) is 28.9. The molecule has 2 N–H and O–H groups in total. The minimum Gasteiger partial charge on any atom is -0.480 e. The first-order valence-corrected chi connectivity index (χ1v) is 14.2. The average Bonchev–Trinajstić information content (AvgIpc) is 3.67. The van der Waals surface area contributed by atoms with E-state index in [1.807, 2.05) is 5.38 Å². The Morgan fingerprint density at radius 3 is 2.76 bits per heavy atom. The molecule has 2 unspecified atom stereocenters. The number of thiophene rings is 1. The van der Waals surface area contributed by atoms with Crippen molar-refractivity contribution in [3.8, 4) is 11.6 Å². The number of aryl methyl sites for hydroxylation is 1. The van der Waals surface area contributed by atoms with Crippen LogP contribution >= 0.6 is 35.3 Å². The Kier molecular flexibility index (Phi) is 8.27. The molecule has 1 aliphatic heterocycles. The van der Waals surface area contributed by atoms with Gasteiger partial charge in [-0.15, -0.1) is 23.7 Å². The fraction of sp³-hybridized carbons (Fsp3) is 0.357. The largest absolute Gasteiger partial charge is 0.480 e. The number of carboxylic acids is 1. The Balaban J connectivity index is 0.00000353. The van der Waals surface area contributed by atoms with Gasteiger partial charge in [-0.25, -0.2) is 14.6 Å². The highest BCUT2D eigenvalue weighted by molar-refractivity contribution is 7.17. The predicted octanol–water partition coefficient (Wildman–Crippen LogP) is 6.94. The van der Waals surface area contributed by atoms with Crippen molar-refractivity contribution in [2.24, 2.45) is 5.41 Å². The van der Waals surface area contributed by atoms with E-state index in [0.717, 1.165) is 17.6 Å². The second-order valence-corrected chi connectivity index (χ2v) is 11.9. The normalized spacial score (nSPS) is 21.3. The number of rotatable bonds is 6. The predicted molar refractivity (Wildman–Crippen MR) is 156 cm³/mol. The summed E-state index contributed by atoms with van der Waals surface area (Å²) in [6.07, 6.45) is 0.575. The van der Waals surface area contributed by atoms with Crippen molar-refractivity contribution in [2.45, 2.75) is 50.9 Å². The number of fused-ring (bicyclic) bond motifs is 1. The maximum Gasteiger partial charge on any atom is 0.429 e. The van der Waals surface area contributed by atoms with E-state index in [1.165, 1.54) is 40.5 Å². The number of allylic oxidation sites excluding steroid dienone is 2. The Bertz CT molecular complexity index is 1670. The smallest absolute Gasteiger partial charge is 0.429 e. The minimum atomic E-state index is -4.77. The van der Waals surface area contributed by atoms with Crippen LogP contribution in [-0.4, -0.2) is 49.6 Å². The summed E-state index contributed by atoms with van der Waals surface area (Å²) in [6.45, 7) is 2.38. The van der Waals surface area contributed by atoms with Gasteiger partial charge in [-0.3, -0.25) is 4.79 Å². The van der Waals surface area contributed by atoms with E-state index in [-0.39, 0.29) is 40.0 Å². The molecule has 0 bridgehead atoms. The molecular weight excluding hydrogens is 614 g/mol. The number of hydrogen-bond acceptors (Lipinski definition) is 7. The van der Waals surface area contributed by atoms with Crippen molar-refractivity contribution in [3.63, 3.8) is 0 Å². The van der Waals surface area contributed by atoms with Gasteiger partial charge < -0.3 is 15.2 Å². The molecule has 0 saturated carbocycles. The molecule has 222 valence electrons. The summed E-state index contributed by atoms with van der Waals surface area (Å²) in [4.78, 5) is 19.9. The number of benzene rings is 1. The lowest BCUT2D eigenvalue weighted by Gasteiger charge is -2.31. The summed E-state index contributed by atoms with van der Waals surface area (Å²) < 4.78 is 51.0. The molecule has 4 aromatic rings. The molecule has 6 rings (SSSR count). The summed E-state index contributed by atoms with van der Waals surface area (Å²) in [5, 5.41) is 18.9. The number of ether oxygens (including phenoxy) is 1. The Morgan fingerprint density at radius 2 is 2.12 bits per heavy atom. The lowest BCUT2D eigenvalue weighted by atomic mass is 9.72. The van der Waals surface area contributed by atoms with Crippen LogP contribution in [-0.2, 0) is 4.79 Å². The maximum absolute atomic E-state index is 14.5. The topological polar surface area (TPSA) is 102 Å². The number of alkyl halides is 3.